The third-order valence-corrected chi connectivity index (χ3v) is 3.24. The molecule has 3 nitrogen and oxygen atoms in total. The molecule has 92 valence electrons. The first kappa shape index (κ1) is 13.2. The van der Waals surface area contributed by atoms with Crippen LogP contribution in [-0.4, -0.2) is 23.3 Å². The fraction of sp³-hybridized carbons (Fsp3) is 0.769. The monoisotopic (exact) mass is 226 g/mol. The summed E-state index contributed by atoms with van der Waals surface area (Å²) in [5, 5.41) is 9.61. The van der Waals surface area contributed by atoms with Gasteiger partial charge in [-0.25, -0.2) is 4.79 Å². The molecule has 3 atom stereocenters. The number of allylic oxidation sites excluding steroid dienone is 1. The van der Waals surface area contributed by atoms with Crippen molar-refractivity contribution >= 4 is 5.97 Å². The molecule has 1 saturated carbocycles. The Hall–Kier alpha value is -0.830. The SMILES string of the molecule is C/C=C/C(=O)O[C@@H]1C[C@H](O)CC[C@H]1C(C)C. The number of esters is 1. The predicted molar refractivity (Wildman–Crippen MR) is 62.9 cm³/mol. The highest BCUT2D eigenvalue weighted by Gasteiger charge is 2.33. The van der Waals surface area contributed by atoms with Crippen LogP contribution >= 0.6 is 0 Å². The maximum absolute atomic E-state index is 11.4. The van der Waals surface area contributed by atoms with Gasteiger partial charge in [0.25, 0.3) is 0 Å². The van der Waals surface area contributed by atoms with Gasteiger partial charge in [-0.2, -0.15) is 0 Å². The summed E-state index contributed by atoms with van der Waals surface area (Å²) in [6.45, 7) is 6.06. The highest BCUT2D eigenvalue weighted by molar-refractivity contribution is 5.81. The summed E-state index contributed by atoms with van der Waals surface area (Å²) in [5.74, 6) is 0.556. The fourth-order valence-corrected chi connectivity index (χ4v) is 2.35. The zero-order valence-corrected chi connectivity index (χ0v) is 10.3. The number of carbonyl (C=O) groups is 1. The van der Waals surface area contributed by atoms with E-state index in [2.05, 4.69) is 13.8 Å². The number of hydrogen-bond donors (Lipinski definition) is 1. The number of carbonyl (C=O) groups excluding carboxylic acids is 1. The normalized spacial score (nSPS) is 30.9. The van der Waals surface area contributed by atoms with Crippen LogP contribution in [0.3, 0.4) is 0 Å². The molecule has 0 amide bonds. The molecule has 1 fully saturated rings. The van der Waals surface area contributed by atoms with Gasteiger partial charge >= 0.3 is 5.97 Å². The van der Waals surface area contributed by atoms with Crippen LogP contribution in [0.25, 0.3) is 0 Å². The Morgan fingerprint density at radius 2 is 2.12 bits per heavy atom. The topological polar surface area (TPSA) is 46.5 Å². The molecule has 0 radical (unpaired) electrons. The number of aliphatic hydroxyl groups excluding tert-OH is 1. The molecule has 1 N–H and O–H groups in total. The molecule has 0 spiro atoms. The number of hydrogen-bond acceptors (Lipinski definition) is 3. The van der Waals surface area contributed by atoms with Crippen molar-refractivity contribution in [2.45, 2.75) is 52.2 Å². The van der Waals surface area contributed by atoms with Crippen LogP contribution in [0, 0.1) is 11.8 Å². The molecule has 0 aromatic carbocycles. The second-order valence-corrected chi connectivity index (χ2v) is 4.85. The van der Waals surface area contributed by atoms with Crippen molar-refractivity contribution in [2.24, 2.45) is 11.8 Å². The van der Waals surface area contributed by atoms with Crippen molar-refractivity contribution in [3.05, 3.63) is 12.2 Å². The van der Waals surface area contributed by atoms with Crippen LogP contribution in [0.4, 0.5) is 0 Å². The number of aliphatic hydroxyl groups is 1. The summed E-state index contributed by atoms with van der Waals surface area (Å²) in [4.78, 5) is 11.4. The van der Waals surface area contributed by atoms with Gasteiger partial charge in [0.2, 0.25) is 0 Å². The summed E-state index contributed by atoms with van der Waals surface area (Å²) in [6.07, 6.45) is 4.98. The lowest BCUT2D eigenvalue weighted by Gasteiger charge is -2.35. The average Bonchev–Trinajstić information content (AvgIpc) is 2.17. The van der Waals surface area contributed by atoms with E-state index in [9.17, 15) is 9.90 Å². The maximum Gasteiger partial charge on any atom is 0.330 e. The lowest BCUT2D eigenvalue weighted by molar-refractivity contribution is -0.151. The minimum Gasteiger partial charge on any atom is -0.459 e. The molecule has 0 saturated heterocycles. The molecule has 1 rings (SSSR count). The van der Waals surface area contributed by atoms with Gasteiger partial charge in [0, 0.05) is 12.5 Å². The van der Waals surface area contributed by atoms with E-state index in [0.717, 1.165) is 12.8 Å². The van der Waals surface area contributed by atoms with Gasteiger partial charge in [0.1, 0.15) is 6.10 Å². The summed E-state index contributed by atoms with van der Waals surface area (Å²) < 4.78 is 5.39. The summed E-state index contributed by atoms with van der Waals surface area (Å²) in [6, 6.07) is 0. The van der Waals surface area contributed by atoms with Gasteiger partial charge in [-0.05, 0) is 31.6 Å². The zero-order valence-electron chi connectivity index (χ0n) is 10.3. The molecule has 1 aliphatic rings. The zero-order chi connectivity index (χ0) is 12.1. The largest absolute Gasteiger partial charge is 0.459 e. The highest BCUT2D eigenvalue weighted by Crippen LogP contribution is 2.32. The van der Waals surface area contributed by atoms with Gasteiger partial charge in [-0.3, -0.25) is 0 Å². The smallest absolute Gasteiger partial charge is 0.330 e. The van der Waals surface area contributed by atoms with Crippen LogP contribution in [-0.2, 0) is 9.53 Å². The molecule has 16 heavy (non-hydrogen) atoms. The summed E-state index contributed by atoms with van der Waals surface area (Å²) in [5.41, 5.74) is 0. The second-order valence-electron chi connectivity index (χ2n) is 4.85. The van der Waals surface area contributed by atoms with E-state index in [1.165, 1.54) is 6.08 Å². The van der Waals surface area contributed by atoms with Crippen molar-refractivity contribution in [3.63, 3.8) is 0 Å². The van der Waals surface area contributed by atoms with Crippen LogP contribution in [0.2, 0.25) is 0 Å². The van der Waals surface area contributed by atoms with Crippen molar-refractivity contribution in [1.29, 1.82) is 0 Å². The van der Waals surface area contributed by atoms with Crippen molar-refractivity contribution in [1.82, 2.24) is 0 Å². The lowest BCUT2D eigenvalue weighted by Crippen LogP contribution is -2.38. The molecule has 0 heterocycles. The number of ether oxygens (including phenoxy) is 1. The van der Waals surface area contributed by atoms with Crippen LogP contribution in [0.1, 0.15) is 40.0 Å². The van der Waals surface area contributed by atoms with E-state index < -0.39 is 0 Å². The van der Waals surface area contributed by atoms with Gasteiger partial charge in [0.15, 0.2) is 0 Å². The Bertz CT molecular complexity index is 258. The average molecular weight is 226 g/mol. The molecule has 0 bridgehead atoms. The Balaban J connectivity index is 2.60. The van der Waals surface area contributed by atoms with Crippen molar-refractivity contribution in [3.8, 4) is 0 Å². The van der Waals surface area contributed by atoms with Crippen molar-refractivity contribution < 1.29 is 14.6 Å². The molecule has 0 aliphatic heterocycles. The standard InChI is InChI=1S/C13H22O3/c1-4-5-13(15)16-12-8-10(14)6-7-11(12)9(2)3/h4-5,9-12,14H,6-8H2,1-3H3/b5-4+/t10-,11+,12-/m1/s1. The van der Waals surface area contributed by atoms with Gasteiger partial charge in [0.05, 0.1) is 6.10 Å². The van der Waals surface area contributed by atoms with E-state index >= 15 is 0 Å². The van der Waals surface area contributed by atoms with E-state index in [1.807, 2.05) is 0 Å². The van der Waals surface area contributed by atoms with E-state index in [0.29, 0.717) is 18.3 Å². The first-order chi connectivity index (χ1) is 7.54. The number of rotatable bonds is 3. The minimum atomic E-state index is -0.321. The van der Waals surface area contributed by atoms with Gasteiger partial charge in [-0.1, -0.05) is 19.9 Å². The van der Waals surface area contributed by atoms with Crippen LogP contribution in [0.15, 0.2) is 12.2 Å². The first-order valence-electron chi connectivity index (χ1n) is 6.06. The Morgan fingerprint density at radius 1 is 1.44 bits per heavy atom. The Kier molecular flexibility index (Phi) is 5.00. The Labute approximate surface area is 97.5 Å². The molecular weight excluding hydrogens is 204 g/mol. The third kappa shape index (κ3) is 3.63. The quantitative estimate of drug-likeness (QED) is 0.593. The highest BCUT2D eigenvalue weighted by atomic mass is 16.5. The first-order valence-corrected chi connectivity index (χ1v) is 6.06. The molecule has 0 unspecified atom stereocenters. The molecule has 1 aliphatic carbocycles. The van der Waals surface area contributed by atoms with Crippen LogP contribution < -0.4 is 0 Å². The minimum absolute atomic E-state index is 0.132. The molecule has 3 heteroatoms. The fourth-order valence-electron chi connectivity index (χ4n) is 2.35. The van der Waals surface area contributed by atoms with E-state index in [-0.39, 0.29) is 18.2 Å². The maximum atomic E-state index is 11.4. The lowest BCUT2D eigenvalue weighted by atomic mass is 9.78. The molecule has 0 aromatic rings. The van der Waals surface area contributed by atoms with Crippen LogP contribution in [0.5, 0.6) is 0 Å². The van der Waals surface area contributed by atoms with Gasteiger partial charge in [-0.15, -0.1) is 0 Å². The Morgan fingerprint density at radius 3 is 2.69 bits per heavy atom. The molecule has 0 aromatic heterocycles. The van der Waals surface area contributed by atoms with E-state index in [4.69, 9.17) is 4.74 Å². The predicted octanol–water partition coefficient (Wildman–Crippen LogP) is 2.29. The summed E-state index contributed by atoms with van der Waals surface area (Å²) in [7, 11) is 0. The summed E-state index contributed by atoms with van der Waals surface area (Å²) >= 11 is 0. The van der Waals surface area contributed by atoms with E-state index in [1.54, 1.807) is 13.0 Å². The van der Waals surface area contributed by atoms with Gasteiger partial charge < -0.3 is 9.84 Å². The second kappa shape index (κ2) is 6.04. The molecular formula is C13H22O3. The van der Waals surface area contributed by atoms with Crippen molar-refractivity contribution in [2.75, 3.05) is 0 Å². The third-order valence-electron chi connectivity index (χ3n) is 3.24.